The summed E-state index contributed by atoms with van der Waals surface area (Å²) >= 11 is 0. The Kier molecular flexibility index (Phi) is 6.98. The Bertz CT molecular complexity index is 858. The summed E-state index contributed by atoms with van der Waals surface area (Å²) in [6, 6.07) is 13.4. The average Bonchev–Trinajstić information content (AvgIpc) is 2.61. The topological polar surface area (TPSA) is 78.5 Å². The molecule has 27 heavy (non-hydrogen) atoms. The van der Waals surface area contributed by atoms with Gasteiger partial charge in [-0.1, -0.05) is 13.8 Å². The number of benzene rings is 2. The van der Waals surface area contributed by atoms with Crippen molar-refractivity contribution in [2.45, 2.75) is 25.2 Å². The summed E-state index contributed by atoms with van der Waals surface area (Å²) in [5, 5.41) is 2.81. The van der Waals surface area contributed by atoms with Crippen molar-refractivity contribution in [3.63, 3.8) is 0 Å². The summed E-state index contributed by atoms with van der Waals surface area (Å²) in [5.74, 6) is 0.134. The molecule has 0 spiro atoms. The standard InChI is InChI=1S/C20H27N3O3S/c1-15(2)13-14-21-27(25,26)19-11-5-16(6-12-19)20(24)22-17-7-9-18(10-8-17)23(3)4/h5-12,15,21H,13-14H2,1-4H3,(H,22,24). The number of hydrogen-bond acceptors (Lipinski definition) is 4. The molecule has 0 fully saturated rings. The molecule has 146 valence electrons. The highest BCUT2D eigenvalue weighted by Gasteiger charge is 2.15. The number of nitrogens with zero attached hydrogens (tertiary/aromatic N) is 1. The molecule has 2 aromatic carbocycles. The zero-order chi connectivity index (χ0) is 20.0. The number of hydrogen-bond donors (Lipinski definition) is 2. The van der Waals surface area contributed by atoms with Gasteiger partial charge in [0.25, 0.3) is 5.91 Å². The zero-order valence-corrected chi connectivity index (χ0v) is 17.0. The van der Waals surface area contributed by atoms with Gasteiger partial charge in [-0.15, -0.1) is 0 Å². The summed E-state index contributed by atoms with van der Waals surface area (Å²) in [5.41, 5.74) is 2.11. The van der Waals surface area contributed by atoms with Crippen LogP contribution in [0.15, 0.2) is 53.4 Å². The van der Waals surface area contributed by atoms with Crippen molar-refractivity contribution in [2.75, 3.05) is 30.9 Å². The molecular weight excluding hydrogens is 362 g/mol. The summed E-state index contributed by atoms with van der Waals surface area (Å²) in [7, 11) is 0.334. The lowest BCUT2D eigenvalue weighted by molar-refractivity contribution is 0.102. The summed E-state index contributed by atoms with van der Waals surface area (Å²) in [6.07, 6.45) is 0.770. The van der Waals surface area contributed by atoms with E-state index < -0.39 is 10.0 Å². The van der Waals surface area contributed by atoms with E-state index in [0.717, 1.165) is 12.1 Å². The van der Waals surface area contributed by atoms with E-state index in [0.29, 0.717) is 23.7 Å². The highest BCUT2D eigenvalue weighted by molar-refractivity contribution is 7.89. The Morgan fingerprint density at radius 3 is 2.11 bits per heavy atom. The maximum atomic E-state index is 12.4. The Balaban J connectivity index is 2.02. The summed E-state index contributed by atoms with van der Waals surface area (Å²) < 4.78 is 27.1. The molecule has 2 rings (SSSR count). The molecular formula is C20H27N3O3S. The van der Waals surface area contributed by atoms with Gasteiger partial charge in [-0.2, -0.15) is 0 Å². The van der Waals surface area contributed by atoms with Crippen LogP contribution in [0.2, 0.25) is 0 Å². The molecule has 0 saturated carbocycles. The first-order valence-corrected chi connectivity index (χ1v) is 10.4. The first kappa shape index (κ1) is 20.9. The number of carbonyl (C=O) groups is 1. The van der Waals surface area contributed by atoms with Gasteiger partial charge in [0.15, 0.2) is 0 Å². The smallest absolute Gasteiger partial charge is 0.255 e. The van der Waals surface area contributed by atoms with Crippen LogP contribution in [-0.4, -0.2) is 35.0 Å². The lowest BCUT2D eigenvalue weighted by Gasteiger charge is -2.13. The number of nitrogens with one attached hydrogen (secondary N) is 2. The van der Waals surface area contributed by atoms with E-state index in [1.54, 1.807) is 0 Å². The molecule has 0 aliphatic heterocycles. The molecule has 0 unspecified atom stereocenters. The van der Waals surface area contributed by atoms with E-state index in [-0.39, 0.29) is 10.8 Å². The molecule has 0 aliphatic rings. The van der Waals surface area contributed by atoms with Gasteiger partial charge in [-0.05, 0) is 60.9 Å². The van der Waals surface area contributed by atoms with E-state index in [2.05, 4.69) is 10.0 Å². The van der Waals surface area contributed by atoms with E-state index in [1.165, 1.54) is 24.3 Å². The van der Waals surface area contributed by atoms with Gasteiger partial charge in [0, 0.05) is 37.6 Å². The van der Waals surface area contributed by atoms with Gasteiger partial charge < -0.3 is 10.2 Å². The molecule has 0 bridgehead atoms. The fraction of sp³-hybridized carbons (Fsp3) is 0.350. The molecule has 0 saturated heterocycles. The van der Waals surface area contributed by atoms with Crippen LogP contribution in [0.4, 0.5) is 11.4 Å². The third kappa shape index (κ3) is 6.08. The van der Waals surface area contributed by atoms with Crippen LogP contribution < -0.4 is 14.9 Å². The summed E-state index contributed by atoms with van der Waals surface area (Å²) in [6.45, 7) is 4.47. The maximum Gasteiger partial charge on any atom is 0.255 e. The van der Waals surface area contributed by atoms with Crippen molar-refractivity contribution in [1.82, 2.24) is 4.72 Å². The van der Waals surface area contributed by atoms with Gasteiger partial charge >= 0.3 is 0 Å². The maximum absolute atomic E-state index is 12.4. The van der Waals surface area contributed by atoms with Crippen LogP contribution in [0.25, 0.3) is 0 Å². The van der Waals surface area contributed by atoms with E-state index in [4.69, 9.17) is 0 Å². The Labute approximate surface area is 161 Å². The normalized spacial score (nSPS) is 11.4. The number of amides is 1. The molecule has 0 radical (unpaired) electrons. The van der Waals surface area contributed by atoms with Crippen molar-refractivity contribution in [2.24, 2.45) is 5.92 Å². The van der Waals surface area contributed by atoms with Crippen LogP contribution in [0.3, 0.4) is 0 Å². The fourth-order valence-corrected chi connectivity index (χ4v) is 3.44. The first-order chi connectivity index (χ1) is 12.7. The Morgan fingerprint density at radius 2 is 1.59 bits per heavy atom. The van der Waals surface area contributed by atoms with Gasteiger partial charge in [0.05, 0.1) is 4.90 Å². The first-order valence-electron chi connectivity index (χ1n) is 8.87. The molecule has 1 amide bonds. The molecule has 2 aromatic rings. The Morgan fingerprint density at radius 1 is 1.00 bits per heavy atom. The molecule has 0 aliphatic carbocycles. The van der Waals surface area contributed by atoms with Crippen LogP contribution in [0.5, 0.6) is 0 Å². The predicted octanol–water partition coefficient (Wildman–Crippen LogP) is 3.33. The monoisotopic (exact) mass is 389 g/mol. The van der Waals surface area contributed by atoms with Crippen LogP contribution in [-0.2, 0) is 10.0 Å². The molecule has 0 heterocycles. The van der Waals surface area contributed by atoms with E-state index in [9.17, 15) is 13.2 Å². The SMILES string of the molecule is CC(C)CCNS(=O)(=O)c1ccc(C(=O)Nc2ccc(N(C)C)cc2)cc1. The fourth-order valence-electron chi connectivity index (χ4n) is 2.40. The predicted molar refractivity (Wildman–Crippen MR) is 110 cm³/mol. The quantitative estimate of drug-likeness (QED) is 0.726. The second-order valence-corrected chi connectivity index (χ2v) is 8.77. The number of anilines is 2. The van der Waals surface area contributed by atoms with Crippen molar-refractivity contribution in [1.29, 1.82) is 0 Å². The van der Waals surface area contributed by atoms with Gasteiger partial charge in [-0.25, -0.2) is 13.1 Å². The largest absolute Gasteiger partial charge is 0.378 e. The molecule has 6 nitrogen and oxygen atoms in total. The molecule has 0 atom stereocenters. The average molecular weight is 390 g/mol. The number of rotatable bonds is 8. The van der Waals surface area contributed by atoms with Crippen molar-refractivity contribution < 1.29 is 13.2 Å². The third-order valence-electron chi connectivity index (χ3n) is 4.08. The minimum absolute atomic E-state index is 0.151. The highest BCUT2D eigenvalue weighted by atomic mass is 32.2. The van der Waals surface area contributed by atoms with E-state index >= 15 is 0 Å². The third-order valence-corrected chi connectivity index (χ3v) is 5.56. The number of sulfonamides is 1. The minimum atomic E-state index is -3.56. The van der Waals surface area contributed by atoms with Crippen molar-refractivity contribution >= 4 is 27.3 Å². The highest BCUT2D eigenvalue weighted by Crippen LogP contribution is 2.17. The van der Waals surface area contributed by atoms with Crippen molar-refractivity contribution in [3.8, 4) is 0 Å². The lowest BCUT2D eigenvalue weighted by Crippen LogP contribution is -2.25. The molecule has 7 heteroatoms. The second-order valence-electron chi connectivity index (χ2n) is 7.00. The Hall–Kier alpha value is -2.38. The van der Waals surface area contributed by atoms with E-state index in [1.807, 2.05) is 57.1 Å². The van der Waals surface area contributed by atoms with Gasteiger partial charge in [0.2, 0.25) is 10.0 Å². The van der Waals surface area contributed by atoms with Crippen LogP contribution >= 0.6 is 0 Å². The van der Waals surface area contributed by atoms with Gasteiger partial charge in [0.1, 0.15) is 0 Å². The molecule has 2 N–H and O–H groups in total. The van der Waals surface area contributed by atoms with Crippen LogP contribution in [0.1, 0.15) is 30.6 Å². The number of carbonyl (C=O) groups excluding carboxylic acids is 1. The van der Waals surface area contributed by atoms with Gasteiger partial charge in [-0.3, -0.25) is 4.79 Å². The second kappa shape index (κ2) is 9.01. The zero-order valence-electron chi connectivity index (χ0n) is 16.2. The van der Waals surface area contributed by atoms with Crippen LogP contribution in [0, 0.1) is 5.92 Å². The minimum Gasteiger partial charge on any atom is -0.378 e. The van der Waals surface area contributed by atoms with Crippen molar-refractivity contribution in [3.05, 3.63) is 54.1 Å². The summed E-state index contributed by atoms with van der Waals surface area (Å²) in [4.78, 5) is 14.5. The molecule has 0 aromatic heterocycles. The lowest BCUT2D eigenvalue weighted by atomic mass is 10.1.